The number of hydrogen-bond acceptors (Lipinski definition) is 3. The second-order valence-electron chi connectivity index (χ2n) is 5.76. The summed E-state index contributed by atoms with van der Waals surface area (Å²) >= 11 is 0. The minimum atomic E-state index is -0.783. The lowest BCUT2D eigenvalue weighted by molar-refractivity contribution is -0.141. The fourth-order valence-corrected chi connectivity index (χ4v) is 3.20. The molecule has 1 aliphatic carbocycles. The minimum absolute atomic E-state index is 0.0686. The predicted molar refractivity (Wildman–Crippen MR) is 75.8 cm³/mol. The molecule has 1 aromatic carbocycles. The average molecular weight is 289 g/mol. The van der Waals surface area contributed by atoms with Crippen molar-refractivity contribution in [3.8, 4) is 5.75 Å². The van der Waals surface area contributed by atoms with E-state index in [9.17, 15) is 9.59 Å². The Bertz CT molecular complexity index is 557. The molecular formula is C16H19NO4. The summed E-state index contributed by atoms with van der Waals surface area (Å²) in [4.78, 5) is 25.4. The highest BCUT2D eigenvalue weighted by atomic mass is 16.5. The van der Waals surface area contributed by atoms with Gasteiger partial charge in [-0.2, -0.15) is 0 Å². The zero-order valence-corrected chi connectivity index (χ0v) is 11.8. The second kappa shape index (κ2) is 5.76. The summed E-state index contributed by atoms with van der Waals surface area (Å²) in [6.07, 6.45) is 1.74. The second-order valence-corrected chi connectivity index (χ2v) is 5.76. The average Bonchev–Trinajstić information content (AvgIpc) is 2.87. The van der Waals surface area contributed by atoms with Gasteiger partial charge in [-0.1, -0.05) is 18.2 Å². The largest absolute Gasteiger partial charge is 0.491 e. The van der Waals surface area contributed by atoms with Gasteiger partial charge >= 0.3 is 5.97 Å². The van der Waals surface area contributed by atoms with Crippen LogP contribution in [0.3, 0.4) is 0 Å². The molecule has 0 spiro atoms. The molecule has 0 saturated heterocycles. The van der Waals surface area contributed by atoms with Crippen LogP contribution in [0.4, 0.5) is 0 Å². The van der Waals surface area contributed by atoms with Gasteiger partial charge in [0, 0.05) is 18.0 Å². The number of ether oxygens (including phenoxy) is 1. The first-order chi connectivity index (χ1) is 10.1. The van der Waals surface area contributed by atoms with Crippen LogP contribution in [0.2, 0.25) is 0 Å². The molecule has 2 atom stereocenters. The van der Waals surface area contributed by atoms with Crippen LogP contribution in [-0.2, 0) is 16.1 Å². The summed E-state index contributed by atoms with van der Waals surface area (Å²) in [5, 5.41) is 9.05. The van der Waals surface area contributed by atoms with E-state index in [-0.39, 0.29) is 17.7 Å². The number of rotatable bonds is 2. The molecule has 1 fully saturated rings. The van der Waals surface area contributed by atoms with Gasteiger partial charge in [0.2, 0.25) is 5.91 Å². The van der Waals surface area contributed by atoms with Crippen molar-refractivity contribution >= 4 is 11.9 Å². The Morgan fingerprint density at radius 2 is 1.95 bits per heavy atom. The summed E-state index contributed by atoms with van der Waals surface area (Å²) in [5.41, 5.74) is 1.01. The van der Waals surface area contributed by atoms with Crippen molar-refractivity contribution in [2.45, 2.75) is 25.8 Å². The lowest BCUT2D eigenvalue weighted by Gasteiger charge is -2.23. The van der Waals surface area contributed by atoms with Crippen LogP contribution in [-0.4, -0.2) is 35.0 Å². The Hall–Kier alpha value is -2.04. The zero-order chi connectivity index (χ0) is 14.8. The van der Waals surface area contributed by atoms with Crippen molar-refractivity contribution in [3.63, 3.8) is 0 Å². The van der Waals surface area contributed by atoms with Gasteiger partial charge in [-0.05, 0) is 25.3 Å². The van der Waals surface area contributed by atoms with Crippen LogP contribution in [0, 0.1) is 11.8 Å². The van der Waals surface area contributed by atoms with Crippen LogP contribution >= 0.6 is 0 Å². The van der Waals surface area contributed by atoms with Gasteiger partial charge in [0.05, 0.1) is 12.5 Å². The molecule has 1 N–H and O–H groups in total. The zero-order valence-electron chi connectivity index (χ0n) is 11.8. The van der Waals surface area contributed by atoms with E-state index in [1.165, 1.54) is 0 Å². The first-order valence-corrected chi connectivity index (χ1v) is 7.37. The van der Waals surface area contributed by atoms with Gasteiger partial charge in [0.15, 0.2) is 0 Å². The number of carbonyl (C=O) groups is 2. The van der Waals surface area contributed by atoms with Gasteiger partial charge in [-0.3, -0.25) is 9.59 Å². The van der Waals surface area contributed by atoms with Crippen LogP contribution in [0.5, 0.6) is 5.75 Å². The number of carboxylic acid groups (broad SMARTS) is 1. The number of aliphatic carboxylic acids is 1. The quantitative estimate of drug-likeness (QED) is 0.903. The summed E-state index contributed by atoms with van der Waals surface area (Å²) < 4.78 is 5.66. The number of carbonyl (C=O) groups excluding carboxylic acids is 1. The maximum atomic E-state index is 12.6. The Kier molecular flexibility index (Phi) is 3.82. The number of amides is 1. The number of benzene rings is 1. The molecule has 5 heteroatoms. The molecule has 2 aliphatic rings. The molecule has 1 aliphatic heterocycles. The van der Waals surface area contributed by atoms with Gasteiger partial charge in [0.25, 0.3) is 0 Å². The normalized spacial score (nSPS) is 24.9. The van der Waals surface area contributed by atoms with E-state index < -0.39 is 5.97 Å². The van der Waals surface area contributed by atoms with Crippen molar-refractivity contribution in [3.05, 3.63) is 29.8 Å². The summed E-state index contributed by atoms with van der Waals surface area (Å²) in [5.74, 6) is -0.401. The molecule has 21 heavy (non-hydrogen) atoms. The Morgan fingerprint density at radius 3 is 2.71 bits per heavy atom. The number of carboxylic acids is 1. The molecule has 112 valence electrons. The van der Waals surface area contributed by atoms with E-state index in [2.05, 4.69) is 0 Å². The van der Waals surface area contributed by atoms with E-state index in [4.69, 9.17) is 9.84 Å². The first-order valence-electron chi connectivity index (χ1n) is 7.37. The lowest BCUT2D eigenvalue weighted by Crippen LogP contribution is -2.36. The Balaban J connectivity index is 1.70. The Labute approximate surface area is 123 Å². The number of hydrogen-bond donors (Lipinski definition) is 1. The molecular weight excluding hydrogens is 270 g/mol. The van der Waals surface area contributed by atoms with Crippen molar-refractivity contribution in [2.75, 3.05) is 13.2 Å². The van der Waals surface area contributed by atoms with Gasteiger partial charge in [-0.15, -0.1) is 0 Å². The smallest absolute Gasteiger partial charge is 0.306 e. The number of nitrogens with zero attached hydrogens (tertiary/aromatic N) is 1. The third-order valence-corrected chi connectivity index (χ3v) is 4.40. The summed E-state index contributed by atoms with van der Waals surface area (Å²) in [7, 11) is 0. The van der Waals surface area contributed by atoms with E-state index in [1.54, 1.807) is 4.90 Å². The highest BCUT2D eigenvalue weighted by Crippen LogP contribution is 2.33. The summed E-state index contributed by atoms with van der Waals surface area (Å²) in [6.45, 7) is 1.59. The van der Waals surface area contributed by atoms with Crippen molar-refractivity contribution in [1.82, 2.24) is 4.90 Å². The number of fused-ring (bicyclic) bond motifs is 1. The van der Waals surface area contributed by atoms with E-state index in [0.717, 1.165) is 11.3 Å². The highest BCUT2D eigenvalue weighted by molar-refractivity contribution is 5.81. The third kappa shape index (κ3) is 2.86. The van der Waals surface area contributed by atoms with Crippen LogP contribution in [0.1, 0.15) is 24.8 Å². The lowest BCUT2D eigenvalue weighted by atomic mass is 10.0. The standard InChI is InChI=1S/C16H19NO4/c18-15(11-5-6-12(9-11)16(19)20)17-7-8-21-14-4-2-1-3-13(14)10-17/h1-4,11-12H,5-10H2,(H,19,20). The maximum Gasteiger partial charge on any atom is 0.306 e. The number of para-hydroxylation sites is 1. The van der Waals surface area contributed by atoms with Crippen molar-refractivity contribution in [2.24, 2.45) is 11.8 Å². The molecule has 5 nitrogen and oxygen atoms in total. The van der Waals surface area contributed by atoms with Crippen LogP contribution < -0.4 is 4.74 Å². The Morgan fingerprint density at radius 1 is 1.19 bits per heavy atom. The molecule has 0 bridgehead atoms. The molecule has 1 saturated carbocycles. The fourth-order valence-electron chi connectivity index (χ4n) is 3.20. The highest BCUT2D eigenvalue weighted by Gasteiger charge is 2.36. The molecule has 1 heterocycles. The first kappa shape index (κ1) is 13.9. The van der Waals surface area contributed by atoms with Gasteiger partial charge in [0.1, 0.15) is 12.4 Å². The van der Waals surface area contributed by atoms with Crippen LogP contribution in [0.15, 0.2) is 24.3 Å². The van der Waals surface area contributed by atoms with Gasteiger partial charge < -0.3 is 14.7 Å². The minimum Gasteiger partial charge on any atom is -0.491 e. The fraction of sp³-hybridized carbons (Fsp3) is 0.500. The molecule has 1 amide bonds. The summed E-state index contributed by atoms with van der Waals surface area (Å²) in [6, 6.07) is 7.74. The van der Waals surface area contributed by atoms with Crippen molar-refractivity contribution in [1.29, 1.82) is 0 Å². The van der Waals surface area contributed by atoms with Gasteiger partial charge in [-0.25, -0.2) is 0 Å². The molecule has 0 radical (unpaired) electrons. The SMILES string of the molecule is O=C(O)C1CCC(C(=O)N2CCOc3ccccc3C2)C1. The topological polar surface area (TPSA) is 66.8 Å². The van der Waals surface area contributed by atoms with E-state index >= 15 is 0 Å². The van der Waals surface area contributed by atoms with E-state index in [1.807, 2.05) is 24.3 Å². The van der Waals surface area contributed by atoms with E-state index in [0.29, 0.717) is 39.0 Å². The predicted octanol–water partition coefficient (Wildman–Crippen LogP) is 1.91. The third-order valence-electron chi connectivity index (χ3n) is 4.40. The maximum absolute atomic E-state index is 12.6. The molecule has 1 aromatic rings. The molecule has 3 rings (SSSR count). The van der Waals surface area contributed by atoms with Crippen LogP contribution in [0.25, 0.3) is 0 Å². The molecule has 0 aromatic heterocycles. The monoisotopic (exact) mass is 289 g/mol. The van der Waals surface area contributed by atoms with Crippen molar-refractivity contribution < 1.29 is 19.4 Å². The molecule has 2 unspecified atom stereocenters.